The van der Waals surface area contributed by atoms with Crippen LogP contribution in [0, 0.1) is 5.92 Å². The molecular weight excluding hydrogens is 110 g/mol. The van der Waals surface area contributed by atoms with Crippen molar-refractivity contribution < 1.29 is 0 Å². The summed E-state index contributed by atoms with van der Waals surface area (Å²) < 4.78 is 0. The Hall–Kier alpha value is 0.250. The van der Waals surface area contributed by atoms with Crippen LogP contribution in [0.25, 0.3) is 0 Å². The standard InChI is InChI=1S/C5H11N.ClH/c1-4-3-5(4)6-2;/h4-6H,3H2,1-2H3;1H/t4-,5+;/m0./s1. The van der Waals surface area contributed by atoms with E-state index in [2.05, 4.69) is 12.2 Å². The average molecular weight is 122 g/mol. The van der Waals surface area contributed by atoms with Crippen molar-refractivity contribution in [3.63, 3.8) is 0 Å². The molecule has 0 spiro atoms. The predicted octanol–water partition coefficient (Wildman–Crippen LogP) is 1.04. The van der Waals surface area contributed by atoms with E-state index in [0.29, 0.717) is 0 Å². The highest BCUT2D eigenvalue weighted by Gasteiger charge is 2.29. The van der Waals surface area contributed by atoms with Crippen LogP contribution in [0.5, 0.6) is 0 Å². The summed E-state index contributed by atoms with van der Waals surface area (Å²) in [6.45, 7) is 2.27. The monoisotopic (exact) mass is 121 g/mol. The quantitative estimate of drug-likeness (QED) is 0.547. The lowest BCUT2D eigenvalue weighted by Crippen LogP contribution is -2.09. The first-order chi connectivity index (χ1) is 2.84. The second-order valence-corrected chi connectivity index (χ2v) is 2.11. The van der Waals surface area contributed by atoms with Crippen molar-refractivity contribution in [2.45, 2.75) is 19.4 Å². The lowest BCUT2D eigenvalue weighted by atomic mass is 10.5. The highest BCUT2D eigenvalue weighted by atomic mass is 35.5. The van der Waals surface area contributed by atoms with Gasteiger partial charge in [-0.15, -0.1) is 12.4 Å². The summed E-state index contributed by atoms with van der Waals surface area (Å²) in [5.41, 5.74) is 0. The molecule has 0 bridgehead atoms. The lowest BCUT2D eigenvalue weighted by Gasteiger charge is -1.84. The molecule has 0 aromatic carbocycles. The van der Waals surface area contributed by atoms with Crippen molar-refractivity contribution in [2.75, 3.05) is 7.05 Å². The maximum atomic E-state index is 3.19. The number of halogens is 1. The average Bonchev–Trinajstić information content (AvgIpc) is 2.19. The van der Waals surface area contributed by atoms with E-state index in [1.165, 1.54) is 6.42 Å². The summed E-state index contributed by atoms with van der Waals surface area (Å²) >= 11 is 0. The van der Waals surface area contributed by atoms with Gasteiger partial charge in [0.1, 0.15) is 0 Å². The molecule has 0 unspecified atom stereocenters. The maximum Gasteiger partial charge on any atom is 0.00933 e. The molecule has 0 aromatic heterocycles. The predicted molar refractivity (Wildman–Crippen MR) is 33.9 cm³/mol. The molecule has 0 radical (unpaired) electrons. The highest BCUT2D eigenvalue weighted by molar-refractivity contribution is 5.85. The number of hydrogen-bond donors (Lipinski definition) is 1. The summed E-state index contributed by atoms with van der Waals surface area (Å²) in [4.78, 5) is 0. The van der Waals surface area contributed by atoms with E-state index < -0.39 is 0 Å². The van der Waals surface area contributed by atoms with E-state index >= 15 is 0 Å². The third-order valence-corrected chi connectivity index (χ3v) is 1.48. The highest BCUT2D eigenvalue weighted by Crippen LogP contribution is 2.27. The van der Waals surface area contributed by atoms with Crippen LogP contribution in [0.2, 0.25) is 0 Å². The number of nitrogens with one attached hydrogen (secondary N) is 1. The van der Waals surface area contributed by atoms with Gasteiger partial charge in [-0.3, -0.25) is 0 Å². The van der Waals surface area contributed by atoms with E-state index in [0.717, 1.165) is 12.0 Å². The number of hydrogen-bond acceptors (Lipinski definition) is 1. The fraction of sp³-hybridized carbons (Fsp3) is 1.00. The van der Waals surface area contributed by atoms with Crippen molar-refractivity contribution in [1.29, 1.82) is 0 Å². The summed E-state index contributed by atoms with van der Waals surface area (Å²) in [7, 11) is 2.02. The third-order valence-electron chi connectivity index (χ3n) is 1.48. The molecule has 0 saturated heterocycles. The second-order valence-electron chi connectivity index (χ2n) is 2.11. The van der Waals surface area contributed by atoms with Gasteiger partial charge in [0.05, 0.1) is 0 Å². The van der Waals surface area contributed by atoms with E-state index in [9.17, 15) is 0 Å². The SMILES string of the molecule is CN[C@@H]1C[C@@H]1C.Cl. The molecule has 2 atom stereocenters. The summed E-state index contributed by atoms with van der Waals surface area (Å²) in [5.74, 6) is 0.954. The largest absolute Gasteiger partial charge is 0.317 e. The van der Waals surface area contributed by atoms with Gasteiger partial charge in [-0.2, -0.15) is 0 Å². The van der Waals surface area contributed by atoms with Crippen LogP contribution >= 0.6 is 12.4 Å². The minimum Gasteiger partial charge on any atom is -0.317 e. The molecule has 2 heteroatoms. The van der Waals surface area contributed by atoms with Crippen LogP contribution in [0.3, 0.4) is 0 Å². The molecule has 1 aliphatic rings. The van der Waals surface area contributed by atoms with Crippen LogP contribution in [0.15, 0.2) is 0 Å². The minimum absolute atomic E-state index is 0. The first-order valence-electron chi connectivity index (χ1n) is 2.52. The zero-order valence-corrected chi connectivity index (χ0v) is 5.59. The molecular formula is C5H12ClN. The van der Waals surface area contributed by atoms with Crippen LogP contribution in [0.1, 0.15) is 13.3 Å². The Kier molecular flexibility index (Phi) is 2.62. The zero-order valence-electron chi connectivity index (χ0n) is 4.77. The molecule has 1 N–H and O–H groups in total. The smallest absolute Gasteiger partial charge is 0.00933 e. The fourth-order valence-corrected chi connectivity index (χ4v) is 0.724. The Bertz CT molecular complexity index is 54.0. The Labute approximate surface area is 50.9 Å². The van der Waals surface area contributed by atoms with Crippen LogP contribution < -0.4 is 5.32 Å². The van der Waals surface area contributed by atoms with Gasteiger partial charge < -0.3 is 5.32 Å². The second kappa shape index (κ2) is 2.53. The van der Waals surface area contributed by atoms with Gasteiger partial charge in [-0.05, 0) is 19.4 Å². The minimum atomic E-state index is 0. The molecule has 1 nitrogen and oxygen atoms in total. The van der Waals surface area contributed by atoms with E-state index in [1.54, 1.807) is 0 Å². The molecule has 0 heterocycles. The van der Waals surface area contributed by atoms with Gasteiger partial charge in [0.15, 0.2) is 0 Å². The van der Waals surface area contributed by atoms with Gasteiger partial charge in [-0.25, -0.2) is 0 Å². The summed E-state index contributed by atoms with van der Waals surface area (Å²) in [6.07, 6.45) is 1.39. The topological polar surface area (TPSA) is 12.0 Å². The Balaban J connectivity index is 0.000000360. The van der Waals surface area contributed by atoms with E-state index in [4.69, 9.17) is 0 Å². The van der Waals surface area contributed by atoms with Gasteiger partial charge in [0, 0.05) is 6.04 Å². The lowest BCUT2D eigenvalue weighted by molar-refractivity contribution is 0.747. The first kappa shape index (κ1) is 7.25. The molecule has 1 rings (SSSR count). The van der Waals surface area contributed by atoms with Crippen molar-refractivity contribution >= 4 is 12.4 Å². The van der Waals surface area contributed by atoms with Crippen LogP contribution in [-0.2, 0) is 0 Å². The normalized spacial score (nSPS) is 36.9. The van der Waals surface area contributed by atoms with Crippen molar-refractivity contribution in [3.8, 4) is 0 Å². The van der Waals surface area contributed by atoms with Crippen molar-refractivity contribution in [3.05, 3.63) is 0 Å². The maximum absolute atomic E-state index is 3.19. The molecule has 1 aliphatic carbocycles. The molecule has 44 valence electrons. The number of rotatable bonds is 1. The van der Waals surface area contributed by atoms with Crippen molar-refractivity contribution in [2.24, 2.45) is 5.92 Å². The molecule has 0 aliphatic heterocycles. The molecule has 1 saturated carbocycles. The Morgan fingerprint density at radius 3 is 2.00 bits per heavy atom. The Morgan fingerprint density at radius 1 is 1.57 bits per heavy atom. The van der Waals surface area contributed by atoms with Crippen molar-refractivity contribution in [1.82, 2.24) is 5.32 Å². The molecule has 7 heavy (non-hydrogen) atoms. The van der Waals surface area contributed by atoms with Crippen LogP contribution in [-0.4, -0.2) is 13.1 Å². The van der Waals surface area contributed by atoms with Gasteiger partial charge in [0.2, 0.25) is 0 Å². The third kappa shape index (κ3) is 1.66. The molecule has 0 amide bonds. The molecule has 1 fully saturated rings. The first-order valence-corrected chi connectivity index (χ1v) is 2.52. The molecule has 0 aromatic rings. The zero-order chi connectivity index (χ0) is 4.57. The van der Waals surface area contributed by atoms with Gasteiger partial charge >= 0.3 is 0 Å². The van der Waals surface area contributed by atoms with Gasteiger partial charge in [-0.1, -0.05) is 6.92 Å². The summed E-state index contributed by atoms with van der Waals surface area (Å²) in [5, 5.41) is 3.19. The van der Waals surface area contributed by atoms with Crippen LogP contribution in [0.4, 0.5) is 0 Å². The van der Waals surface area contributed by atoms with Gasteiger partial charge in [0.25, 0.3) is 0 Å². The fourth-order valence-electron chi connectivity index (χ4n) is 0.724. The van der Waals surface area contributed by atoms with E-state index in [1.807, 2.05) is 7.05 Å². The summed E-state index contributed by atoms with van der Waals surface area (Å²) in [6, 6.07) is 0.852. The van der Waals surface area contributed by atoms with E-state index in [-0.39, 0.29) is 12.4 Å². The Morgan fingerprint density at radius 2 is 2.00 bits per heavy atom.